The van der Waals surface area contributed by atoms with Gasteiger partial charge in [-0.2, -0.15) is 0 Å². The van der Waals surface area contributed by atoms with E-state index in [1.807, 2.05) is 37.3 Å². The van der Waals surface area contributed by atoms with Crippen LogP contribution in [0.4, 0.5) is 10.8 Å². The van der Waals surface area contributed by atoms with E-state index in [1.54, 1.807) is 5.38 Å². The number of carbonyl (C=O) groups is 3. The van der Waals surface area contributed by atoms with Crippen molar-refractivity contribution in [2.24, 2.45) is 0 Å². The summed E-state index contributed by atoms with van der Waals surface area (Å²) in [5.74, 6) is -1.12. The summed E-state index contributed by atoms with van der Waals surface area (Å²) in [6, 6.07) is 9.19. The maximum atomic E-state index is 12.0. The van der Waals surface area contributed by atoms with Crippen molar-refractivity contribution in [3.05, 3.63) is 47.5 Å². The molecule has 1 N–H and O–H groups in total. The number of anilines is 2. The fraction of sp³-hybridized carbons (Fsp3) is 0.300. The van der Waals surface area contributed by atoms with E-state index in [1.165, 1.54) is 35.3 Å². The van der Waals surface area contributed by atoms with Gasteiger partial charge in [-0.3, -0.25) is 14.5 Å². The zero-order chi connectivity index (χ0) is 20.4. The molecule has 148 valence electrons. The van der Waals surface area contributed by atoms with Gasteiger partial charge < -0.3 is 10.1 Å². The number of unbranched alkanes of at least 4 members (excludes halogenated alkanes) is 1. The number of rotatable bonds is 9. The largest absolute Gasteiger partial charge is 0.452 e. The molecular formula is C20H23N3O4S. The Morgan fingerprint density at radius 1 is 1.25 bits per heavy atom. The molecule has 0 saturated heterocycles. The van der Waals surface area contributed by atoms with Crippen molar-refractivity contribution in [3.63, 3.8) is 0 Å². The topological polar surface area (TPSA) is 88.6 Å². The summed E-state index contributed by atoms with van der Waals surface area (Å²) >= 11 is 1.29. The predicted octanol–water partition coefficient (Wildman–Crippen LogP) is 3.30. The molecular weight excluding hydrogens is 378 g/mol. The predicted molar refractivity (Wildman–Crippen MR) is 109 cm³/mol. The maximum Gasteiger partial charge on any atom is 0.331 e. The molecule has 28 heavy (non-hydrogen) atoms. The number of thiazole rings is 1. The third kappa shape index (κ3) is 6.62. The van der Waals surface area contributed by atoms with Crippen LogP contribution < -0.4 is 10.2 Å². The standard InChI is InChI=1S/C20H23N3O4S/c1-3-4-12-21-18(25)13-27-19(26)11-10-16-14-28-20(22-16)23(15(2)24)17-8-6-5-7-9-17/h5-11,14H,3-4,12-13H2,1-2H3,(H,21,25)/b11-10+. The number of esters is 1. The van der Waals surface area contributed by atoms with E-state index in [2.05, 4.69) is 10.3 Å². The number of benzene rings is 1. The van der Waals surface area contributed by atoms with Gasteiger partial charge >= 0.3 is 5.97 Å². The number of nitrogens with one attached hydrogen (secondary N) is 1. The Bertz CT molecular complexity index is 833. The minimum absolute atomic E-state index is 0.162. The number of nitrogens with zero attached hydrogens (tertiary/aromatic N) is 2. The fourth-order valence-corrected chi connectivity index (χ4v) is 3.11. The van der Waals surface area contributed by atoms with Crippen LogP contribution in [0.2, 0.25) is 0 Å². The van der Waals surface area contributed by atoms with Crippen LogP contribution in [0.15, 0.2) is 41.8 Å². The van der Waals surface area contributed by atoms with Gasteiger partial charge in [-0.05, 0) is 24.6 Å². The number of ether oxygens (including phenoxy) is 1. The van der Waals surface area contributed by atoms with Gasteiger partial charge in [0.1, 0.15) is 0 Å². The summed E-state index contributed by atoms with van der Waals surface area (Å²) in [4.78, 5) is 41.2. The normalized spacial score (nSPS) is 10.6. The van der Waals surface area contributed by atoms with Gasteiger partial charge in [-0.25, -0.2) is 9.78 Å². The Hall–Kier alpha value is -3.00. The third-order valence-electron chi connectivity index (χ3n) is 3.62. The fourth-order valence-electron chi connectivity index (χ4n) is 2.25. The molecule has 0 aliphatic heterocycles. The highest BCUT2D eigenvalue weighted by molar-refractivity contribution is 7.14. The van der Waals surface area contributed by atoms with Gasteiger partial charge in [-0.1, -0.05) is 31.5 Å². The lowest BCUT2D eigenvalue weighted by Gasteiger charge is -2.17. The van der Waals surface area contributed by atoms with Gasteiger partial charge in [0.15, 0.2) is 11.7 Å². The first-order chi connectivity index (χ1) is 13.5. The molecule has 0 aliphatic carbocycles. The van der Waals surface area contributed by atoms with Crippen LogP contribution in [-0.4, -0.2) is 35.9 Å². The van der Waals surface area contributed by atoms with Crippen LogP contribution in [0.3, 0.4) is 0 Å². The number of aromatic nitrogens is 1. The van der Waals surface area contributed by atoms with Crippen LogP contribution >= 0.6 is 11.3 Å². The first-order valence-electron chi connectivity index (χ1n) is 8.94. The van der Waals surface area contributed by atoms with Gasteiger partial charge in [0.25, 0.3) is 5.91 Å². The Morgan fingerprint density at radius 2 is 2.00 bits per heavy atom. The Kier molecular flexibility index (Phi) is 8.36. The smallest absolute Gasteiger partial charge is 0.331 e. The molecule has 0 bridgehead atoms. The van der Waals surface area contributed by atoms with E-state index in [9.17, 15) is 14.4 Å². The van der Waals surface area contributed by atoms with Crippen LogP contribution in [0.5, 0.6) is 0 Å². The molecule has 2 aromatic rings. The Morgan fingerprint density at radius 3 is 2.68 bits per heavy atom. The lowest BCUT2D eigenvalue weighted by atomic mass is 10.3. The summed E-state index contributed by atoms with van der Waals surface area (Å²) in [6.07, 6.45) is 4.55. The van der Waals surface area contributed by atoms with Crippen LogP contribution in [0.1, 0.15) is 32.4 Å². The van der Waals surface area contributed by atoms with E-state index >= 15 is 0 Å². The number of carbonyl (C=O) groups excluding carboxylic acids is 3. The molecule has 0 fully saturated rings. The summed E-state index contributed by atoms with van der Waals surface area (Å²) in [7, 11) is 0. The highest BCUT2D eigenvalue weighted by atomic mass is 32.1. The van der Waals surface area contributed by atoms with E-state index < -0.39 is 5.97 Å². The van der Waals surface area contributed by atoms with Crippen molar-refractivity contribution in [3.8, 4) is 0 Å². The summed E-state index contributed by atoms with van der Waals surface area (Å²) in [6.45, 7) is 3.74. The Balaban J connectivity index is 1.93. The van der Waals surface area contributed by atoms with Crippen molar-refractivity contribution in [2.45, 2.75) is 26.7 Å². The molecule has 0 spiro atoms. The molecule has 2 rings (SSSR count). The van der Waals surface area contributed by atoms with E-state index in [-0.39, 0.29) is 18.4 Å². The van der Waals surface area contributed by atoms with Gasteiger partial charge in [0, 0.05) is 24.9 Å². The summed E-state index contributed by atoms with van der Waals surface area (Å²) in [5.41, 5.74) is 1.24. The SMILES string of the molecule is CCCCNC(=O)COC(=O)/C=C/c1csc(N(C(C)=O)c2ccccc2)n1. The first kappa shape index (κ1) is 21.3. The second kappa shape index (κ2) is 11.0. The summed E-state index contributed by atoms with van der Waals surface area (Å²) < 4.78 is 4.89. The molecule has 0 atom stereocenters. The highest BCUT2D eigenvalue weighted by Gasteiger charge is 2.17. The minimum atomic E-state index is -0.633. The quantitative estimate of drug-likeness (QED) is 0.396. The highest BCUT2D eigenvalue weighted by Crippen LogP contribution is 2.28. The van der Waals surface area contributed by atoms with Gasteiger partial charge in [-0.15, -0.1) is 11.3 Å². The lowest BCUT2D eigenvalue weighted by Crippen LogP contribution is -2.29. The lowest BCUT2D eigenvalue weighted by molar-refractivity contribution is -0.143. The molecule has 1 aromatic carbocycles. The van der Waals surface area contributed by atoms with E-state index in [4.69, 9.17) is 4.74 Å². The van der Waals surface area contributed by atoms with Crippen molar-refractivity contribution in [2.75, 3.05) is 18.1 Å². The average molecular weight is 401 g/mol. The second-order valence-corrected chi connectivity index (χ2v) is 6.73. The van der Waals surface area contributed by atoms with Crippen molar-refractivity contribution >= 4 is 46.0 Å². The molecule has 0 radical (unpaired) electrons. The van der Waals surface area contributed by atoms with E-state index in [0.29, 0.717) is 23.1 Å². The molecule has 0 aliphatic rings. The number of hydrogen-bond acceptors (Lipinski definition) is 6. The maximum absolute atomic E-state index is 12.0. The van der Waals surface area contributed by atoms with Gasteiger partial charge in [0.05, 0.1) is 11.4 Å². The number of hydrogen-bond donors (Lipinski definition) is 1. The molecule has 1 heterocycles. The van der Waals surface area contributed by atoms with Crippen LogP contribution in [0.25, 0.3) is 6.08 Å². The minimum Gasteiger partial charge on any atom is -0.452 e. The third-order valence-corrected chi connectivity index (χ3v) is 4.46. The van der Waals surface area contributed by atoms with Crippen molar-refractivity contribution in [1.82, 2.24) is 10.3 Å². The van der Waals surface area contributed by atoms with Crippen LogP contribution in [0, 0.1) is 0 Å². The molecule has 7 nitrogen and oxygen atoms in total. The van der Waals surface area contributed by atoms with Crippen LogP contribution in [-0.2, 0) is 19.1 Å². The zero-order valence-corrected chi connectivity index (χ0v) is 16.7. The average Bonchev–Trinajstić information content (AvgIpc) is 3.14. The molecule has 0 saturated carbocycles. The first-order valence-corrected chi connectivity index (χ1v) is 9.82. The molecule has 0 unspecified atom stereocenters. The Labute approximate surface area is 168 Å². The van der Waals surface area contributed by atoms with Crippen molar-refractivity contribution < 1.29 is 19.1 Å². The number of amides is 2. The van der Waals surface area contributed by atoms with Crippen molar-refractivity contribution in [1.29, 1.82) is 0 Å². The monoisotopic (exact) mass is 401 g/mol. The van der Waals surface area contributed by atoms with Gasteiger partial charge in [0.2, 0.25) is 5.91 Å². The molecule has 8 heteroatoms. The van der Waals surface area contributed by atoms with E-state index in [0.717, 1.165) is 12.8 Å². The second-order valence-electron chi connectivity index (χ2n) is 5.89. The summed E-state index contributed by atoms with van der Waals surface area (Å²) in [5, 5.41) is 4.90. The molecule has 2 amide bonds. The zero-order valence-electron chi connectivity index (χ0n) is 15.9. The number of para-hydroxylation sites is 1. The molecule has 1 aromatic heterocycles.